The third-order valence-corrected chi connectivity index (χ3v) is 3.25. The molecule has 0 aliphatic carbocycles. The molecule has 0 aliphatic heterocycles. The minimum absolute atomic E-state index is 0.0769. The molecule has 0 bridgehead atoms. The number of carboxylic acid groups (broad SMARTS) is 1. The molecular formula is C11H16NO6P. The predicted octanol–water partition coefficient (Wildman–Crippen LogP) is 0.327. The van der Waals surface area contributed by atoms with Crippen LogP contribution in [0.4, 0.5) is 0 Å². The number of benzene rings is 1. The fourth-order valence-electron chi connectivity index (χ4n) is 1.65. The van der Waals surface area contributed by atoms with Crippen molar-refractivity contribution >= 4 is 13.6 Å². The molecule has 106 valence electrons. The molecule has 0 unspecified atom stereocenters. The number of hydrogen-bond donors (Lipinski definition) is 4. The lowest BCUT2D eigenvalue weighted by Gasteiger charge is -2.13. The van der Waals surface area contributed by atoms with Gasteiger partial charge in [0.1, 0.15) is 11.8 Å². The molecule has 0 radical (unpaired) electrons. The summed E-state index contributed by atoms with van der Waals surface area (Å²) in [5.74, 6) is -0.789. The van der Waals surface area contributed by atoms with E-state index in [1.165, 1.54) is 19.2 Å². The van der Waals surface area contributed by atoms with E-state index in [9.17, 15) is 9.36 Å². The molecule has 1 atom stereocenters. The summed E-state index contributed by atoms with van der Waals surface area (Å²) in [4.78, 5) is 28.6. The largest absolute Gasteiger partial charge is 0.496 e. The third-order valence-electron chi connectivity index (χ3n) is 2.49. The number of carbonyl (C=O) groups is 1. The first-order valence-corrected chi connectivity index (χ1v) is 7.21. The lowest BCUT2D eigenvalue weighted by atomic mass is 10.0. The van der Waals surface area contributed by atoms with E-state index in [1.807, 2.05) is 0 Å². The van der Waals surface area contributed by atoms with E-state index < -0.39 is 25.8 Å². The summed E-state index contributed by atoms with van der Waals surface area (Å²) in [7, 11) is -2.84. The topological polar surface area (TPSA) is 130 Å². The third kappa shape index (κ3) is 5.00. The molecule has 19 heavy (non-hydrogen) atoms. The molecule has 1 aromatic rings. The first kappa shape index (κ1) is 15.7. The Bertz CT molecular complexity index is 512. The Balaban J connectivity index is 3.01. The van der Waals surface area contributed by atoms with Gasteiger partial charge in [-0.2, -0.15) is 0 Å². The standard InChI is InChI=1S/C11H16NO6P/c1-18-10-3-2-7(5-9(12)11(13)14)4-8(10)6-19(15,16)17/h2-4,9H,5-6,12H2,1H3,(H,13,14)(H2,15,16,17)/t9-/m0/s1. The normalized spacial score (nSPS) is 13.1. The number of aliphatic carboxylic acids is 1. The maximum atomic E-state index is 11.0. The molecule has 0 saturated carbocycles. The van der Waals surface area contributed by atoms with Gasteiger partial charge in [-0.25, -0.2) is 0 Å². The van der Waals surface area contributed by atoms with Crippen molar-refractivity contribution in [2.45, 2.75) is 18.6 Å². The highest BCUT2D eigenvalue weighted by Gasteiger charge is 2.19. The summed E-state index contributed by atoms with van der Waals surface area (Å²) >= 11 is 0. The number of rotatable bonds is 6. The Morgan fingerprint density at radius 1 is 1.47 bits per heavy atom. The van der Waals surface area contributed by atoms with Gasteiger partial charge >= 0.3 is 13.6 Å². The van der Waals surface area contributed by atoms with Gasteiger partial charge in [0.2, 0.25) is 0 Å². The van der Waals surface area contributed by atoms with Crippen molar-refractivity contribution in [2.75, 3.05) is 7.11 Å². The van der Waals surface area contributed by atoms with Crippen LogP contribution in [0.5, 0.6) is 5.75 Å². The molecule has 0 heterocycles. The Hall–Kier alpha value is -1.40. The number of hydrogen-bond acceptors (Lipinski definition) is 4. The van der Waals surface area contributed by atoms with Crippen LogP contribution in [0.25, 0.3) is 0 Å². The Morgan fingerprint density at radius 3 is 2.58 bits per heavy atom. The highest BCUT2D eigenvalue weighted by atomic mass is 31.2. The highest BCUT2D eigenvalue weighted by molar-refractivity contribution is 7.50. The summed E-state index contributed by atoms with van der Waals surface area (Å²) in [6.07, 6.45) is -0.389. The SMILES string of the molecule is COc1ccc(C[C@H](N)C(=O)O)cc1CP(=O)(O)O. The first-order chi connectivity index (χ1) is 8.73. The Morgan fingerprint density at radius 2 is 2.11 bits per heavy atom. The van der Waals surface area contributed by atoms with Crippen LogP contribution in [-0.2, 0) is 21.9 Å². The van der Waals surface area contributed by atoms with Crippen molar-refractivity contribution in [3.05, 3.63) is 29.3 Å². The second kappa shape index (κ2) is 6.16. The molecule has 0 aromatic heterocycles. The second-order valence-corrected chi connectivity index (χ2v) is 5.76. The molecule has 5 N–H and O–H groups in total. The average molecular weight is 289 g/mol. The number of nitrogens with two attached hydrogens (primary N) is 1. The molecule has 1 rings (SSSR count). The van der Waals surface area contributed by atoms with Gasteiger partial charge in [0, 0.05) is 5.56 Å². The number of ether oxygens (including phenoxy) is 1. The number of carboxylic acids is 1. The summed E-state index contributed by atoms with van der Waals surface area (Å²) in [5.41, 5.74) is 6.32. The van der Waals surface area contributed by atoms with E-state index >= 15 is 0 Å². The zero-order chi connectivity index (χ0) is 14.6. The van der Waals surface area contributed by atoms with E-state index in [0.29, 0.717) is 16.9 Å². The summed E-state index contributed by atoms with van der Waals surface area (Å²) in [6.45, 7) is 0. The first-order valence-electron chi connectivity index (χ1n) is 5.41. The van der Waals surface area contributed by atoms with Gasteiger partial charge in [-0.05, 0) is 18.1 Å². The maximum Gasteiger partial charge on any atom is 0.330 e. The van der Waals surface area contributed by atoms with Crippen LogP contribution in [0.2, 0.25) is 0 Å². The monoisotopic (exact) mass is 289 g/mol. The molecule has 8 heteroatoms. The lowest BCUT2D eigenvalue weighted by molar-refractivity contribution is -0.138. The van der Waals surface area contributed by atoms with Crippen LogP contribution < -0.4 is 10.5 Å². The number of methoxy groups -OCH3 is 1. The van der Waals surface area contributed by atoms with Crippen molar-refractivity contribution < 1.29 is 29.0 Å². The second-order valence-electron chi connectivity index (χ2n) is 4.12. The molecule has 0 fully saturated rings. The van der Waals surface area contributed by atoms with E-state index in [0.717, 1.165) is 0 Å². The van der Waals surface area contributed by atoms with Gasteiger partial charge in [-0.1, -0.05) is 12.1 Å². The Labute approximate surface area is 110 Å². The van der Waals surface area contributed by atoms with Gasteiger partial charge in [-0.15, -0.1) is 0 Å². The van der Waals surface area contributed by atoms with Crippen LogP contribution in [0, 0.1) is 0 Å². The van der Waals surface area contributed by atoms with Crippen molar-refractivity contribution in [2.24, 2.45) is 5.73 Å². The summed E-state index contributed by atoms with van der Waals surface area (Å²) in [6, 6.07) is 3.59. The van der Waals surface area contributed by atoms with E-state index in [2.05, 4.69) is 0 Å². The molecule has 0 saturated heterocycles. The smallest absolute Gasteiger partial charge is 0.330 e. The summed E-state index contributed by atoms with van der Waals surface area (Å²) < 4.78 is 16.0. The van der Waals surface area contributed by atoms with Crippen LogP contribution in [0.3, 0.4) is 0 Å². The fraction of sp³-hybridized carbons (Fsp3) is 0.364. The van der Waals surface area contributed by atoms with Crippen molar-refractivity contribution in [1.29, 1.82) is 0 Å². The molecule has 0 aliphatic rings. The fourth-order valence-corrected chi connectivity index (χ4v) is 2.34. The van der Waals surface area contributed by atoms with Crippen LogP contribution in [-0.4, -0.2) is 34.0 Å². The van der Waals surface area contributed by atoms with Crippen molar-refractivity contribution in [3.63, 3.8) is 0 Å². The van der Waals surface area contributed by atoms with Gasteiger partial charge in [0.05, 0.1) is 13.3 Å². The maximum absolute atomic E-state index is 11.0. The van der Waals surface area contributed by atoms with Gasteiger partial charge in [-0.3, -0.25) is 9.36 Å². The van der Waals surface area contributed by atoms with E-state index in [-0.39, 0.29) is 6.42 Å². The average Bonchev–Trinajstić information content (AvgIpc) is 2.27. The van der Waals surface area contributed by atoms with Crippen molar-refractivity contribution in [3.8, 4) is 5.75 Å². The van der Waals surface area contributed by atoms with E-state index in [4.69, 9.17) is 25.4 Å². The van der Waals surface area contributed by atoms with E-state index in [1.54, 1.807) is 6.07 Å². The molecule has 1 aromatic carbocycles. The predicted molar refractivity (Wildman–Crippen MR) is 68.1 cm³/mol. The molecule has 0 amide bonds. The highest BCUT2D eigenvalue weighted by Crippen LogP contribution is 2.41. The van der Waals surface area contributed by atoms with Gasteiger partial charge < -0.3 is 25.4 Å². The lowest BCUT2D eigenvalue weighted by Crippen LogP contribution is -2.32. The molecule has 0 spiro atoms. The molecular weight excluding hydrogens is 273 g/mol. The quantitative estimate of drug-likeness (QED) is 0.555. The van der Waals surface area contributed by atoms with Gasteiger partial charge in [0.25, 0.3) is 0 Å². The minimum atomic E-state index is -4.23. The molecule has 7 nitrogen and oxygen atoms in total. The van der Waals surface area contributed by atoms with Crippen LogP contribution in [0.1, 0.15) is 11.1 Å². The van der Waals surface area contributed by atoms with Crippen LogP contribution >= 0.6 is 7.60 Å². The Kier molecular flexibility index (Phi) is 5.08. The minimum Gasteiger partial charge on any atom is -0.496 e. The van der Waals surface area contributed by atoms with Crippen LogP contribution in [0.15, 0.2) is 18.2 Å². The zero-order valence-corrected chi connectivity index (χ0v) is 11.2. The summed E-state index contributed by atoms with van der Waals surface area (Å²) in [5, 5.41) is 8.73. The van der Waals surface area contributed by atoms with Gasteiger partial charge in [0.15, 0.2) is 0 Å². The van der Waals surface area contributed by atoms with Crippen molar-refractivity contribution in [1.82, 2.24) is 0 Å². The zero-order valence-electron chi connectivity index (χ0n) is 10.3.